The molecule has 1 aromatic heterocycles. The minimum atomic E-state index is -0.114. The maximum absolute atomic E-state index is 4.07. The first kappa shape index (κ1) is 9.00. The summed E-state index contributed by atoms with van der Waals surface area (Å²) in [5.41, 5.74) is 3.37. The Hall–Kier alpha value is -1.57. The zero-order chi connectivity index (χ0) is 10.2. The summed E-state index contributed by atoms with van der Waals surface area (Å²) < 4.78 is 0. The first-order valence-corrected chi connectivity index (χ1v) is 4.71. The Labute approximate surface area is 84.0 Å². The van der Waals surface area contributed by atoms with E-state index in [0.717, 1.165) is 5.69 Å². The number of H-pyrrole nitrogens is 1. The SMILES string of the molecule is C=CC1(C)C=CC(C)=Cc2[nH]ncc21. The van der Waals surface area contributed by atoms with Crippen LogP contribution in [0, 0.1) is 0 Å². The molecular weight excluding hydrogens is 172 g/mol. The van der Waals surface area contributed by atoms with Crippen LogP contribution in [0.15, 0.2) is 36.6 Å². The summed E-state index contributed by atoms with van der Waals surface area (Å²) in [7, 11) is 0. The van der Waals surface area contributed by atoms with Crippen molar-refractivity contribution < 1.29 is 0 Å². The summed E-state index contributed by atoms with van der Waals surface area (Å²) in [5.74, 6) is 0. The summed E-state index contributed by atoms with van der Waals surface area (Å²) >= 11 is 0. The number of nitrogens with one attached hydrogen (secondary N) is 1. The fraction of sp³-hybridized carbons (Fsp3) is 0.250. The Morgan fingerprint density at radius 3 is 3.07 bits per heavy atom. The number of aromatic nitrogens is 2. The van der Waals surface area contributed by atoms with Crippen molar-refractivity contribution in [3.8, 4) is 0 Å². The lowest BCUT2D eigenvalue weighted by molar-refractivity contribution is 0.760. The van der Waals surface area contributed by atoms with Gasteiger partial charge in [-0.3, -0.25) is 5.10 Å². The van der Waals surface area contributed by atoms with E-state index < -0.39 is 0 Å². The van der Waals surface area contributed by atoms with Gasteiger partial charge in [0.2, 0.25) is 0 Å². The van der Waals surface area contributed by atoms with Gasteiger partial charge < -0.3 is 0 Å². The van der Waals surface area contributed by atoms with Crippen LogP contribution in [0.4, 0.5) is 0 Å². The maximum Gasteiger partial charge on any atom is 0.0624 e. The van der Waals surface area contributed by atoms with Crippen molar-refractivity contribution in [2.45, 2.75) is 19.3 Å². The third kappa shape index (κ3) is 1.23. The normalized spacial score (nSPS) is 25.1. The van der Waals surface area contributed by atoms with Crippen LogP contribution in [0.5, 0.6) is 0 Å². The van der Waals surface area contributed by atoms with Crippen LogP contribution < -0.4 is 0 Å². The van der Waals surface area contributed by atoms with Gasteiger partial charge in [0, 0.05) is 11.0 Å². The molecule has 0 fully saturated rings. The van der Waals surface area contributed by atoms with Gasteiger partial charge in [0.15, 0.2) is 0 Å². The van der Waals surface area contributed by atoms with Gasteiger partial charge in [-0.05, 0) is 25.5 Å². The molecule has 0 aliphatic heterocycles. The smallest absolute Gasteiger partial charge is 0.0624 e. The molecule has 0 bridgehead atoms. The summed E-state index contributed by atoms with van der Waals surface area (Å²) in [6, 6.07) is 0. The Balaban J connectivity index is 2.65. The van der Waals surface area contributed by atoms with Crippen LogP contribution in [0.25, 0.3) is 6.08 Å². The number of nitrogens with zero attached hydrogens (tertiary/aromatic N) is 1. The second-order valence-electron chi connectivity index (χ2n) is 3.91. The number of hydrogen-bond acceptors (Lipinski definition) is 1. The topological polar surface area (TPSA) is 28.7 Å². The monoisotopic (exact) mass is 186 g/mol. The summed E-state index contributed by atoms with van der Waals surface area (Å²) in [6.07, 6.45) is 10.2. The van der Waals surface area contributed by atoms with Gasteiger partial charge in [0.1, 0.15) is 0 Å². The lowest BCUT2D eigenvalue weighted by atomic mass is 9.83. The minimum Gasteiger partial charge on any atom is -0.278 e. The van der Waals surface area contributed by atoms with E-state index in [4.69, 9.17) is 0 Å². The molecule has 1 aliphatic rings. The molecule has 0 spiro atoms. The number of rotatable bonds is 1. The van der Waals surface area contributed by atoms with E-state index in [1.54, 1.807) is 0 Å². The molecule has 1 unspecified atom stereocenters. The highest BCUT2D eigenvalue weighted by Crippen LogP contribution is 2.32. The van der Waals surface area contributed by atoms with E-state index in [1.165, 1.54) is 11.1 Å². The Bertz CT molecular complexity index is 423. The molecule has 2 heteroatoms. The first-order valence-electron chi connectivity index (χ1n) is 4.71. The standard InChI is InChI=1S/C12H14N2/c1-4-12(3)6-5-9(2)7-11-10(12)8-13-14-11/h4-8H,1H2,2-3H3,(H,13,14). The second-order valence-corrected chi connectivity index (χ2v) is 3.91. The summed E-state index contributed by atoms with van der Waals surface area (Å²) in [4.78, 5) is 0. The van der Waals surface area contributed by atoms with Gasteiger partial charge in [-0.2, -0.15) is 5.10 Å². The molecule has 0 saturated heterocycles. The number of fused-ring (bicyclic) bond motifs is 1. The molecule has 1 heterocycles. The predicted octanol–water partition coefficient (Wildman–Crippen LogP) is 2.83. The lowest BCUT2D eigenvalue weighted by Gasteiger charge is -2.19. The van der Waals surface area contributed by atoms with E-state index in [9.17, 15) is 0 Å². The van der Waals surface area contributed by atoms with Crippen molar-refractivity contribution in [2.24, 2.45) is 0 Å². The molecule has 1 aliphatic carbocycles. The third-order valence-corrected chi connectivity index (χ3v) is 2.74. The molecule has 1 aromatic rings. The van der Waals surface area contributed by atoms with Crippen LogP contribution in [0.2, 0.25) is 0 Å². The average Bonchev–Trinajstić information content (AvgIpc) is 2.59. The third-order valence-electron chi connectivity index (χ3n) is 2.74. The second kappa shape index (κ2) is 2.98. The number of allylic oxidation sites excluding steroid dienone is 4. The summed E-state index contributed by atoms with van der Waals surface area (Å²) in [5, 5.41) is 7.08. The molecular formula is C12H14N2. The van der Waals surface area contributed by atoms with Gasteiger partial charge in [0.25, 0.3) is 0 Å². The van der Waals surface area contributed by atoms with E-state index in [0.29, 0.717) is 0 Å². The first-order chi connectivity index (χ1) is 6.65. The Kier molecular flexibility index (Phi) is 1.92. The van der Waals surface area contributed by atoms with E-state index in [1.807, 2.05) is 12.3 Å². The quantitative estimate of drug-likeness (QED) is 0.671. The minimum absolute atomic E-state index is 0.114. The predicted molar refractivity (Wildman–Crippen MR) is 58.9 cm³/mol. The van der Waals surface area contributed by atoms with Gasteiger partial charge in [0.05, 0.1) is 11.9 Å². The Morgan fingerprint density at radius 2 is 2.36 bits per heavy atom. The molecule has 0 saturated carbocycles. The fourth-order valence-electron chi connectivity index (χ4n) is 1.68. The highest BCUT2D eigenvalue weighted by Gasteiger charge is 2.25. The molecule has 0 amide bonds. The fourth-order valence-corrected chi connectivity index (χ4v) is 1.68. The van der Waals surface area contributed by atoms with Crippen LogP contribution >= 0.6 is 0 Å². The highest BCUT2D eigenvalue weighted by molar-refractivity contribution is 5.61. The molecule has 2 rings (SSSR count). The molecule has 0 radical (unpaired) electrons. The van der Waals surface area contributed by atoms with Crippen molar-refractivity contribution in [1.82, 2.24) is 10.2 Å². The lowest BCUT2D eigenvalue weighted by Crippen LogP contribution is -2.14. The average molecular weight is 186 g/mol. The molecule has 1 atom stereocenters. The van der Waals surface area contributed by atoms with Crippen LogP contribution in [-0.4, -0.2) is 10.2 Å². The molecule has 0 aromatic carbocycles. The molecule has 1 N–H and O–H groups in total. The van der Waals surface area contributed by atoms with Crippen LogP contribution in [-0.2, 0) is 5.41 Å². The van der Waals surface area contributed by atoms with Gasteiger partial charge in [-0.25, -0.2) is 0 Å². The summed E-state index contributed by atoms with van der Waals surface area (Å²) in [6.45, 7) is 8.10. The highest BCUT2D eigenvalue weighted by atomic mass is 15.1. The number of aromatic amines is 1. The largest absolute Gasteiger partial charge is 0.278 e. The van der Waals surface area contributed by atoms with E-state index in [2.05, 4.69) is 48.9 Å². The van der Waals surface area contributed by atoms with Crippen molar-refractivity contribution >= 4 is 6.08 Å². The van der Waals surface area contributed by atoms with Crippen molar-refractivity contribution in [2.75, 3.05) is 0 Å². The van der Waals surface area contributed by atoms with Gasteiger partial charge >= 0.3 is 0 Å². The zero-order valence-electron chi connectivity index (χ0n) is 8.54. The van der Waals surface area contributed by atoms with Crippen LogP contribution in [0.3, 0.4) is 0 Å². The molecule has 2 nitrogen and oxygen atoms in total. The van der Waals surface area contributed by atoms with Crippen molar-refractivity contribution in [3.05, 3.63) is 47.8 Å². The van der Waals surface area contributed by atoms with Gasteiger partial charge in [-0.1, -0.05) is 18.2 Å². The van der Waals surface area contributed by atoms with E-state index >= 15 is 0 Å². The number of hydrogen-bond donors (Lipinski definition) is 1. The van der Waals surface area contributed by atoms with Crippen LogP contribution in [0.1, 0.15) is 25.1 Å². The molecule has 72 valence electrons. The zero-order valence-corrected chi connectivity index (χ0v) is 8.54. The molecule has 14 heavy (non-hydrogen) atoms. The Morgan fingerprint density at radius 1 is 1.57 bits per heavy atom. The maximum atomic E-state index is 4.07. The van der Waals surface area contributed by atoms with Crippen molar-refractivity contribution in [3.63, 3.8) is 0 Å². The van der Waals surface area contributed by atoms with Gasteiger partial charge in [-0.15, -0.1) is 6.58 Å². The van der Waals surface area contributed by atoms with Crippen molar-refractivity contribution in [1.29, 1.82) is 0 Å². The van der Waals surface area contributed by atoms with E-state index in [-0.39, 0.29) is 5.41 Å².